The molecule has 1 aliphatic rings. The van der Waals surface area contributed by atoms with Gasteiger partial charge in [-0.3, -0.25) is 0 Å². The summed E-state index contributed by atoms with van der Waals surface area (Å²) in [5.41, 5.74) is 6.43. The van der Waals surface area contributed by atoms with Crippen LogP contribution in [0.2, 0.25) is 0 Å². The molecule has 5 rings (SSSR count). The summed E-state index contributed by atoms with van der Waals surface area (Å²) in [7, 11) is 0. The number of benzene rings is 2. The summed E-state index contributed by atoms with van der Waals surface area (Å²) in [6, 6.07) is 16.9. The maximum Gasteiger partial charge on any atom is 0.187 e. The topological polar surface area (TPSA) is 55.2 Å². The summed E-state index contributed by atoms with van der Waals surface area (Å²) in [4.78, 5) is 11.5. The normalized spacial score (nSPS) is 18.7. The van der Waals surface area contributed by atoms with Gasteiger partial charge in [0.1, 0.15) is 0 Å². The van der Waals surface area contributed by atoms with E-state index in [1.807, 2.05) is 24.0 Å². The molecule has 1 aliphatic heterocycles. The highest BCUT2D eigenvalue weighted by Crippen LogP contribution is 2.29. The van der Waals surface area contributed by atoms with Gasteiger partial charge in [0.25, 0.3) is 0 Å². The lowest BCUT2D eigenvalue weighted by molar-refractivity contribution is -0.00521. The van der Waals surface area contributed by atoms with Crippen molar-refractivity contribution in [3.8, 4) is 16.9 Å². The zero-order chi connectivity index (χ0) is 22.1. The third-order valence-corrected chi connectivity index (χ3v) is 6.34. The van der Waals surface area contributed by atoms with Gasteiger partial charge in [-0.1, -0.05) is 12.1 Å². The van der Waals surface area contributed by atoms with Crippen LogP contribution in [0.3, 0.4) is 0 Å². The lowest BCUT2D eigenvalue weighted by atomic mass is 10.1. The maximum atomic E-state index is 5.84. The zero-order valence-electron chi connectivity index (χ0n) is 18.5. The highest BCUT2D eigenvalue weighted by molar-refractivity contribution is 7.14. The fourth-order valence-corrected chi connectivity index (χ4v) is 4.84. The van der Waals surface area contributed by atoms with Crippen molar-refractivity contribution in [3.63, 3.8) is 0 Å². The fraction of sp³-hybridized carbons (Fsp3) is 0.280. The standard InChI is InChI=1S/C25H27N5OS/c1-17-12-30(16-26-17)23-8-4-20(5-9-23)24-15-32-25(28-24)27-21-6-10-22(11-7-21)29-13-18(2)31-19(3)14-29/h4-12,15-16,18-19H,13-14H2,1-3H3,(H,27,28). The number of ether oxygens (including phenoxy) is 1. The molecule has 6 nitrogen and oxygen atoms in total. The van der Waals surface area contributed by atoms with Gasteiger partial charge in [-0.05, 0) is 57.2 Å². The lowest BCUT2D eigenvalue weighted by Gasteiger charge is -2.36. The number of nitrogens with one attached hydrogen (secondary N) is 1. The molecule has 0 amide bonds. The number of aryl methyl sites for hydroxylation is 1. The van der Waals surface area contributed by atoms with Crippen LogP contribution >= 0.6 is 11.3 Å². The van der Waals surface area contributed by atoms with E-state index in [4.69, 9.17) is 9.72 Å². The Morgan fingerprint density at radius 3 is 2.31 bits per heavy atom. The Bertz CT molecular complexity index is 1170. The average Bonchev–Trinajstić information content (AvgIpc) is 3.43. The second-order valence-corrected chi connectivity index (χ2v) is 9.20. The monoisotopic (exact) mass is 445 g/mol. The van der Waals surface area contributed by atoms with Gasteiger partial charge in [0.05, 0.1) is 29.9 Å². The van der Waals surface area contributed by atoms with Crippen molar-refractivity contribution < 1.29 is 4.74 Å². The molecule has 2 atom stereocenters. The van der Waals surface area contributed by atoms with Crippen LogP contribution < -0.4 is 10.2 Å². The Morgan fingerprint density at radius 1 is 0.969 bits per heavy atom. The van der Waals surface area contributed by atoms with E-state index in [0.29, 0.717) is 0 Å². The molecule has 32 heavy (non-hydrogen) atoms. The molecular weight excluding hydrogens is 418 g/mol. The molecule has 4 aromatic rings. The summed E-state index contributed by atoms with van der Waals surface area (Å²) >= 11 is 1.61. The van der Waals surface area contributed by atoms with E-state index in [-0.39, 0.29) is 12.2 Å². The zero-order valence-corrected chi connectivity index (χ0v) is 19.3. The van der Waals surface area contributed by atoms with Gasteiger partial charge in [-0.25, -0.2) is 9.97 Å². The van der Waals surface area contributed by atoms with Gasteiger partial charge in [-0.2, -0.15) is 0 Å². The molecular formula is C25H27N5OS. The van der Waals surface area contributed by atoms with Crippen molar-refractivity contribution in [2.24, 2.45) is 0 Å². The molecule has 7 heteroatoms. The summed E-state index contributed by atoms with van der Waals surface area (Å²) in [6.45, 7) is 8.10. The molecule has 164 valence electrons. The van der Waals surface area contributed by atoms with Gasteiger partial charge in [0.2, 0.25) is 0 Å². The molecule has 0 spiro atoms. The van der Waals surface area contributed by atoms with E-state index in [2.05, 4.69) is 83.0 Å². The number of hydrogen-bond donors (Lipinski definition) is 1. The summed E-state index contributed by atoms with van der Waals surface area (Å²) in [5.74, 6) is 0. The lowest BCUT2D eigenvalue weighted by Crippen LogP contribution is -2.45. The van der Waals surface area contributed by atoms with Crippen LogP contribution in [0.1, 0.15) is 19.5 Å². The van der Waals surface area contributed by atoms with Crippen LogP contribution in [0, 0.1) is 6.92 Å². The Labute approximate surface area is 192 Å². The van der Waals surface area contributed by atoms with Crippen LogP contribution in [0.25, 0.3) is 16.9 Å². The van der Waals surface area contributed by atoms with Crippen molar-refractivity contribution in [2.45, 2.75) is 33.0 Å². The van der Waals surface area contributed by atoms with Crippen molar-refractivity contribution in [3.05, 3.63) is 72.1 Å². The molecule has 2 unspecified atom stereocenters. The summed E-state index contributed by atoms with van der Waals surface area (Å²) < 4.78 is 7.87. The summed E-state index contributed by atoms with van der Waals surface area (Å²) in [6.07, 6.45) is 4.36. The molecule has 3 heterocycles. The van der Waals surface area contributed by atoms with Crippen molar-refractivity contribution in [2.75, 3.05) is 23.3 Å². The van der Waals surface area contributed by atoms with E-state index in [9.17, 15) is 0 Å². The summed E-state index contributed by atoms with van der Waals surface area (Å²) in [5, 5.41) is 6.41. The molecule has 0 aliphatic carbocycles. The number of hydrogen-bond acceptors (Lipinski definition) is 6. The van der Waals surface area contributed by atoms with Gasteiger partial charge >= 0.3 is 0 Å². The Balaban J connectivity index is 1.25. The average molecular weight is 446 g/mol. The van der Waals surface area contributed by atoms with Crippen molar-refractivity contribution in [1.82, 2.24) is 14.5 Å². The Hall–Kier alpha value is -3.16. The number of rotatable bonds is 5. The predicted octanol–water partition coefficient (Wildman–Crippen LogP) is 5.66. The number of anilines is 3. The number of thiazole rings is 1. The van der Waals surface area contributed by atoms with E-state index in [0.717, 1.165) is 46.5 Å². The minimum absolute atomic E-state index is 0.253. The molecule has 2 aromatic carbocycles. The molecule has 0 saturated carbocycles. The Morgan fingerprint density at radius 2 is 1.66 bits per heavy atom. The largest absolute Gasteiger partial charge is 0.372 e. The smallest absolute Gasteiger partial charge is 0.187 e. The molecule has 1 fully saturated rings. The first-order chi connectivity index (χ1) is 15.5. The van der Waals surface area contributed by atoms with E-state index < -0.39 is 0 Å². The molecule has 0 bridgehead atoms. The van der Waals surface area contributed by atoms with Crippen LogP contribution in [0.5, 0.6) is 0 Å². The molecule has 1 N–H and O–H groups in total. The van der Waals surface area contributed by atoms with Crippen molar-refractivity contribution >= 4 is 27.8 Å². The quantitative estimate of drug-likeness (QED) is 0.429. The number of aromatic nitrogens is 3. The highest BCUT2D eigenvalue weighted by Gasteiger charge is 2.22. The van der Waals surface area contributed by atoms with E-state index in [1.165, 1.54) is 5.69 Å². The predicted molar refractivity (Wildman–Crippen MR) is 131 cm³/mol. The molecule has 2 aromatic heterocycles. The van der Waals surface area contributed by atoms with Gasteiger partial charge in [0.15, 0.2) is 5.13 Å². The molecule has 0 radical (unpaired) electrons. The number of imidazole rings is 1. The second-order valence-electron chi connectivity index (χ2n) is 8.34. The highest BCUT2D eigenvalue weighted by atomic mass is 32.1. The second kappa shape index (κ2) is 8.76. The number of nitrogens with zero attached hydrogens (tertiary/aromatic N) is 4. The van der Waals surface area contributed by atoms with Gasteiger partial charge in [-0.15, -0.1) is 11.3 Å². The number of morpholine rings is 1. The SMILES string of the molecule is Cc1cn(-c2ccc(-c3csc(Nc4ccc(N5CC(C)OC(C)C5)cc4)n3)cc2)cn1. The minimum Gasteiger partial charge on any atom is -0.372 e. The van der Waals surface area contributed by atoms with Crippen LogP contribution in [-0.2, 0) is 4.74 Å². The van der Waals surface area contributed by atoms with E-state index in [1.54, 1.807) is 11.3 Å². The molecule has 1 saturated heterocycles. The minimum atomic E-state index is 0.253. The first-order valence-corrected chi connectivity index (χ1v) is 11.8. The van der Waals surface area contributed by atoms with Crippen molar-refractivity contribution in [1.29, 1.82) is 0 Å². The van der Waals surface area contributed by atoms with Gasteiger partial charge in [0, 0.05) is 47.3 Å². The third kappa shape index (κ3) is 4.54. The maximum absolute atomic E-state index is 5.84. The Kier molecular flexibility index (Phi) is 5.68. The fourth-order valence-electron chi connectivity index (χ4n) is 4.10. The van der Waals surface area contributed by atoms with Crippen LogP contribution in [0.15, 0.2) is 66.4 Å². The first-order valence-electron chi connectivity index (χ1n) is 10.9. The van der Waals surface area contributed by atoms with E-state index >= 15 is 0 Å². The van der Waals surface area contributed by atoms with Crippen LogP contribution in [-0.4, -0.2) is 39.8 Å². The van der Waals surface area contributed by atoms with Crippen LogP contribution in [0.4, 0.5) is 16.5 Å². The third-order valence-electron chi connectivity index (χ3n) is 5.58. The van der Waals surface area contributed by atoms with Gasteiger partial charge < -0.3 is 19.5 Å². The first kappa shape index (κ1) is 20.7.